The lowest BCUT2D eigenvalue weighted by molar-refractivity contribution is 0.0941. The standard InChI is InChI=1S/C19H25N3O2/c1-14-7-9-15(10-8-14)12-21-19(23)18-11-17(24-22-18)13-20-16-5-3-2-4-6-16/h7-11,16,20H,2-6,12-13H2,1H3,(H,21,23). The summed E-state index contributed by atoms with van der Waals surface area (Å²) in [7, 11) is 0. The highest BCUT2D eigenvalue weighted by Gasteiger charge is 2.15. The number of aromatic nitrogens is 1. The van der Waals surface area contributed by atoms with Gasteiger partial charge in [-0.2, -0.15) is 0 Å². The third-order valence-corrected chi connectivity index (χ3v) is 4.54. The minimum absolute atomic E-state index is 0.205. The first-order valence-corrected chi connectivity index (χ1v) is 8.73. The van der Waals surface area contributed by atoms with E-state index in [1.807, 2.05) is 31.2 Å². The highest BCUT2D eigenvalue weighted by atomic mass is 16.5. The predicted octanol–water partition coefficient (Wildman–Crippen LogP) is 3.34. The maximum atomic E-state index is 12.2. The van der Waals surface area contributed by atoms with Gasteiger partial charge in [-0.3, -0.25) is 4.79 Å². The Labute approximate surface area is 142 Å². The van der Waals surface area contributed by atoms with Crippen LogP contribution in [0.25, 0.3) is 0 Å². The molecule has 0 aliphatic heterocycles. The largest absolute Gasteiger partial charge is 0.359 e. The number of aryl methyl sites for hydroxylation is 1. The summed E-state index contributed by atoms with van der Waals surface area (Å²) in [5, 5.41) is 10.2. The van der Waals surface area contributed by atoms with Crippen LogP contribution in [0.15, 0.2) is 34.9 Å². The van der Waals surface area contributed by atoms with Crippen LogP contribution in [0.5, 0.6) is 0 Å². The van der Waals surface area contributed by atoms with Gasteiger partial charge in [-0.05, 0) is 25.3 Å². The fourth-order valence-electron chi connectivity index (χ4n) is 3.03. The third kappa shape index (κ3) is 4.68. The monoisotopic (exact) mass is 327 g/mol. The molecule has 1 aliphatic carbocycles. The molecule has 1 fully saturated rings. The SMILES string of the molecule is Cc1ccc(CNC(=O)c2cc(CNC3CCCCC3)on2)cc1. The van der Waals surface area contributed by atoms with Crippen LogP contribution in [0.2, 0.25) is 0 Å². The van der Waals surface area contributed by atoms with Gasteiger partial charge in [0.15, 0.2) is 11.5 Å². The first-order chi connectivity index (χ1) is 11.7. The summed E-state index contributed by atoms with van der Waals surface area (Å²) in [5.41, 5.74) is 2.61. The lowest BCUT2D eigenvalue weighted by atomic mass is 9.95. The van der Waals surface area contributed by atoms with E-state index in [1.165, 1.54) is 37.7 Å². The average molecular weight is 327 g/mol. The highest BCUT2D eigenvalue weighted by Crippen LogP contribution is 2.18. The van der Waals surface area contributed by atoms with Gasteiger partial charge in [0.1, 0.15) is 0 Å². The van der Waals surface area contributed by atoms with Crippen molar-refractivity contribution in [2.24, 2.45) is 0 Å². The average Bonchev–Trinajstić information content (AvgIpc) is 3.09. The summed E-state index contributed by atoms with van der Waals surface area (Å²) < 4.78 is 5.27. The van der Waals surface area contributed by atoms with E-state index in [0.717, 1.165) is 5.56 Å². The van der Waals surface area contributed by atoms with Crippen molar-refractivity contribution in [3.05, 3.63) is 52.9 Å². The van der Waals surface area contributed by atoms with Crippen LogP contribution in [-0.4, -0.2) is 17.1 Å². The number of nitrogens with one attached hydrogen (secondary N) is 2. The topological polar surface area (TPSA) is 67.2 Å². The van der Waals surface area contributed by atoms with E-state index in [-0.39, 0.29) is 5.91 Å². The van der Waals surface area contributed by atoms with Crippen LogP contribution in [0, 0.1) is 6.92 Å². The summed E-state index contributed by atoms with van der Waals surface area (Å²) in [5.74, 6) is 0.504. The second-order valence-corrected chi connectivity index (χ2v) is 6.56. The highest BCUT2D eigenvalue weighted by molar-refractivity contribution is 5.92. The van der Waals surface area contributed by atoms with Crippen LogP contribution in [0.1, 0.15) is 59.5 Å². The molecule has 5 heteroatoms. The van der Waals surface area contributed by atoms with Crippen molar-refractivity contribution in [1.82, 2.24) is 15.8 Å². The Kier molecular flexibility index (Phi) is 5.64. The fraction of sp³-hybridized carbons (Fsp3) is 0.474. The molecule has 128 valence electrons. The normalized spacial score (nSPS) is 15.4. The molecule has 24 heavy (non-hydrogen) atoms. The van der Waals surface area contributed by atoms with Crippen molar-refractivity contribution < 1.29 is 9.32 Å². The van der Waals surface area contributed by atoms with E-state index in [0.29, 0.717) is 30.6 Å². The van der Waals surface area contributed by atoms with Crippen molar-refractivity contribution in [2.45, 2.75) is 58.2 Å². The van der Waals surface area contributed by atoms with E-state index in [2.05, 4.69) is 15.8 Å². The maximum Gasteiger partial charge on any atom is 0.273 e. The zero-order valence-corrected chi connectivity index (χ0v) is 14.2. The van der Waals surface area contributed by atoms with E-state index < -0.39 is 0 Å². The van der Waals surface area contributed by atoms with Gasteiger partial charge in [0.25, 0.3) is 5.91 Å². The molecule has 5 nitrogen and oxygen atoms in total. The molecule has 0 saturated heterocycles. The van der Waals surface area contributed by atoms with Gasteiger partial charge in [-0.15, -0.1) is 0 Å². The number of amides is 1. The molecular weight excluding hydrogens is 302 g/mol. The quantitative estimate of drug-likeness (QED) is 0.854. The van der Waals surface area contributed by atoms with E-state index in [4.69, 9.17) is 4.52 Å². The van der Waals surface area contributed by atoms with Crippen LogP contribution >= 0.6 is 0 Å². The van der Waals surface area contributed by atoms with Crippen LogP contribution in [0.4, 0.5) is 0 Å². The van der Waals surface area contributed by atoms with Crippen LogP contribution in [-0.2, 0) is 13.1 Å². The Morgan fingerprint density at radius 3 is 2.67 bits per heavy atom. The molecule has 0 spiro atoms. The molecule has 2 aromatic rings. The molecule has 1 saturated carbocycles. The van der Waals surface area contributed by atoms with Crippen LogP contribution < -0.4 is 10.6 Å². The Balaban J connectivity index is 1.47. The number of carbonyl (C=O) groups is 1. The smallest absolute Gasteiger partial charge is 0.273 e. The Morgan fingerprint density at radius 2 is 1.92 bits per heavy atom. The first-order valence-electron chi connectivity index (χ1n) is 8.73. The molecule has 3 rings (SSSR count). The van der Waals surface area contributed by atoms with Gasteiger partial charge in [0, 0.05) is 18.7 Å². The summed E-state index contributed by atoms with van der Waals surface area (Å²) in [6.45, 7) is 3.16. The summed E-state index contributed by atoms with van der Waals surface area (Å²) >= 11 is 0. The summed E-state index contributed by atoms with van der Waals surface area (Å²) in [6, 6.07) is 10.4. The summed E-state index contributed by atoms with van der Waals surface area (Å²) in [4.78, 5) is 12.2. The van der Waals surface area contributed by atoms with Crippen LogP contribution in [0.3, 0.4) is 0 Å². The molecule has 1 aromatic carbocycles. The molecule has 0 unspecified atom stereocenters. The second-order valence-electron chi connectivity index (χ2n) is 6.56. The minimum Gasteiger partial charge on any atom is -0.359 e. The number of hydrogen-bond acceptors (Lipinski definition) is 4. The predicted molar refractivity (Wildman–Crippen MR) is 92.6 cm³/mol. The van der Waals surface area contributed by atoms with Gasteiger partial charge >= 0.3 is 0 Å². The Morgan fingerprint density at radius 1 is 1.17 bits per heavy atom. The number of nitrogens with zero attached hydrogens (tertiary/aromatic N) is 1. The summed E-state index contributed by atoms with van der Waals surface area (Å²) in [6.07, 6.45) is 6.36. The van der Waals surface area contributed by atoms with Crippen molar-refractivity contribution in [3.63, 3.8) is 0 Å². The molecular formula is C19H25N3O2. The molecule has 1 amide bonds. The zero-order valence-electron chi connectivity index (χ0n) is 14.2. The van der Waals surface area contributed by atoms with Gasteiger partial charge < -0.3 is 15.2 Å². The van der Waals surface area contributed by atoms with Crippen molar-refractivity contribution in [3.8, 4) is 0 Å². The van der Waals surface area contributed by atoms with Gasteiger partial charge in [-0.1, -0.05) is 54.2 Å². The number of hydrogen-bond donors (Lipinski definition) is 2. The van der Waals surface area contributed by atoms with E-state index in [9.17, 15) is 4.79 Å². The van der Waals surface area contributed by atoms with Gasteiger partial charge in [0.05, 0.1) is 6.54 Å². The van der Waals surface area contributed by atoms with Crippen molar-refractivity contribution >= 4 is 5.91 Å². The van der Waals surface area contributed by atoms with E-state index in [1.54, 1.807) is 6.07 Å². The molecule has 2 N–H and O–H groups in total. The van der Waals surface area contributed by atoms with Gasteiger partial charge in [-0.25, -0.2) is 0 Å². The number of benzene rings is 1. The third-order valence-electron chi connectivity index (χ3n) is 4.54. The fourth-order valence-corrected chi connectivity index (χ4v) is 3.03. The number of carbonyl (C=O) groups excluding carboxylic acids is 1. The number of rotatable bonds is 6. The Bertz CT molecular complexity index is 658. The lowest BCUT2D eigenvalue weighted by Crippen LogP contribution is -2.30. The molecule has 1 aromatic heterocycles. The molecule has 0 radical (unpaired) electrons. The zero-order chi connectivity index (χ0) is 16.8. The Hall–Kier alpha value is -2.14. The maximum absolute atomic E-state index is 12.2. The molecule has 1 aliphatic rings. The molecule has 0 atom stereocenters. The molecule has 1 heterocycles. The minimum atomic E-state index is -0.205. The molecule has 0 bridgehead atoms. The lowest BCUT2D eigenvalue weighted by Gasteiger charge is -2.22. The van der Waals surface area contributed by atoms with Gasteiger partial charge in [0.2, 0.25) is 0 Å². The van der Waals surface area contributed by atoms with Crippen molar-refractivity contribution in [1.29, 1.82) is 0 Å². The second kappa shape index (κ2) is 8.11. The first kappa shape index (κ1) is 16.7. The van der Waals surface area contributed by atoms with E-state index >= 15 is 0 Å². The van der Waals surface area contributed by atoms with Crippen molar-refractivity contribution in [2.75, 3.05) is 0 Å².